The number of aryl methyl sites for hydroxylation is 2. The maximum Gasteiger partial charge on any atom is 0.259 e. The van der Waals surface area contributed by atoms with Gasteiger partial charge in [0.2, 0.25) is 0 Å². The van der Waals surface area contributed by atoms with Gasteiger partial charge in [-0.25, -0.2) is 0 Å². The number of rotatable bonds is 3. The van der Waals surface area contributed by atoms with Gasteiger partial charge in [0.15, 0.2) is 0 Å². The number of amides is 1. The number of hydrogen-bond donors (Lipinski definition) is 1. The molecule has 0 radical (unpaired) electrons. The molecule has 0 aliphatic heterocycles. The zero-order chi connectivity index (χ0) is 14.7. The van der Waals surface area contributed by atoms with Crippen molar-refractivity contribution in [2.45, 2.75) is 13.8 Å². The molecule has 20 heavy (non-hydrogen) atoms. The normalized spacial score (nSPS) is 10.2. The Kier molecular flexibility index (Phi) is 4.45. The van der Waals surface area contributed by atoms with Crippen molar-refractivity contribution in [1.29, 1.82) is 0 Å². The lowest BCUT2D eigenvalue weighted by Gasteiger charge is -2.11. The van der Waals surface area contributed by atoms with Gasteiger partial charge in [-0.15, -0.1) is 0 Å². The first kappa shape index (κ1) is 14.6. The van der Waals surface area contributed by atoms with Crippen LogP contribution in [0, 0.1) is 13.8 Å². The molecule has 2 aromatic rings. The summed E-state index contributed by atoms with van der Waals surface area (Å²) < 4.78 is 6.25. The van der Waals surface area contributed by atoms with Crippen LogP contribution in [0.25, 0.3) is 0 Å². The van der Waals surface area contributed by atoms with E-state index in [0.717, 1.165) is 21.3 Å². The van der Waals surface area contributed by atoms with Gasteiger partial charge < -0.3 is 10.1 Å². The fraction of sp³-hybridized carbons (Fsp3) is 0.188. The van der Waals surface area contributed by atoms with Gasteiger partial charge in [-0.05, 0) is 49.7 Å². The van der Waals surface area contributed by atoms with Crippen molar-refractivity contribution in [2.75, 3.05) is 12.4 Å². The van der Waals surface area contributed by atoms with E-state index in [9.17, 15) is 4.79 Å². The summed E-state index contributed by atoms with van der Waals surface area (Å²) in [5, 5.41) is 2.89. The molecule has 2 rings (SSSR count). The molecule has 3 nitrogen and oxygen atoms in total. The third kappa shape index (κ3) is 3.20. The quantitative estimate of drug-likeness (QED) is 0.907. The third-order valence-corrected chi connectivity index (χ3v) is 3.91. The largest absolute Gasteiger partial charge is 0.496 e. The van der Waals surface area contributed by atoms with Crippen molar-refractivity contribution in [3.8, 4) is 5.75 Å². The van der Waals surface area contributed by atoms with E-state index in [1.165, 1.54) is 0 Å². The van der Waals surface area contributed by atoms with Crippen molar-refractivity contribution < 1.29 is 9.53 Å². The van der Waals surface area contributed by atoms with Crippen LogP contribution in [0.2, 0.25) is 0 Å². The summed E-state index contributed by atoms with van der Waals surface area (Å²) in [4.78, 5) is 12.3. The molecule has 0 saturated heterocycles. The van der Waals surface area contributed by atoms with Crippen LogP contribution >= 0.6 is 15.9 Å². The molecule has 104 valence electrons. The van der Waals surface area contributed by atoms with Crippen LogP contribution in [-0.2, 0) is 0 Å². The second-order valence-electron chi connectivity index (χ2n) is 4.62. The molecular formula is C16H16BrNO2. The van der Waals surface area contributed by atoms with Crippen molar-refractivity contribution in [2.24, 2.45) is 0 Å². The van der Waals surface area contributed by atoms with Gasteiger partial charge in [0, 0.05) is 10.2 Å². The van der Waals surface area contributed by atoms with E-state index in [-0.39, 0.29) is 5.91 Å². The van der Waals surface area contributed by atoms with E-state index >= 15 is 0 Å². The van der Waals surface area contributed by atoms with E-state index in [1.807, 2.05) is 44.2 Å². The van der Waals surface area contributed by atoms with Crippen LogP contribution in [0.4, 0.5) is 5.69 Å². The summed E-state index contributed by atoms with van der Waals surface area (Å²) in [6.07, 6.45) is 0. The molecule has 0 unspecified atom stereocenters. The average molecular weight is 334 g/mol. The number of anilines is 1. The number of hydrogen-bond acceptors (Lipinski definition) is 2. The molecule has 0 aliphatic carbocycles. The maximum absolute atomic E-state index is 12.3. The van der Waals surface area contributed by atoms with Crippen molar-refractivity contribution in [3.05, 3.63) is 57.6 Å². The predicted molar refractivity (Wildman–Crippen MR) is 84.6 cm³/mol. The molecule has 0 heterocycles. The molecule has 0 bridgehead atoms. The van der Waals surface area contributed by atoms with Gasteiger partial charge in [-0.2, -0.15) is 0 Å². The predicted octanol–water partition coefficient (Wildman–Crippen LogP) is 4.33. The van der Waals surface area contributed by atoms with Gasteiger partial charge in [-0.3, -0.25) is 4.79 Å². The topological polar surface area (TPSA) is 38.3 Å². The smallest absolute Gasteiger partial charge is 0.259 e. The molecule has 1 amide bonds. The van der Waals surface area contributed by atoms with Gasteiger partial charge in [0.25, 0.3) is 5.91 Å². The molecule has 0 fully saturated rings. The highest BCUT2D eigenvalue weighted by atomic mass is 79.9. The Bertz CT molecular complexity index is 653. The number of benzene rings is 2. The summed E-state index contributed by atoms with van der Waals surface area (Å²) in [7, 11) is 1.56. The summed E-state index contributed by atoms with van der Waals surface area (Å²) >= 11 is 3.44. The van der Waals surface area contributed by atoms with Crippen molar-refractivity contribution in [1.82, 2.24) is 0 Å². The lowest BCUT2D eigenvalue weighted by molar-refractivity contribution is 0.102. The maximum atomic E-state index is 12.3. The fourth-order valence-corrected chi connectivity index (χ4v) is 2.17. The van der Waals surface area contributed by atoms with Crippen LogP contribution in [0.15, 0.2) is 40.9 Å². The molecule has 2 aromatic carbocycles. The highest BCUT2D eigenvalue weighted by molar-refractivity contribution is 9.10. The zero-order valence-corrected chi connectivity index (χ0v) is 13.2. The number of ether oxygens (including phenoxy) is 1. The number of halogens is 1. The standard InChI is InChI=1S/C16H16BrNO2/c1-10-4-7-15(20-3)13(8-10)16(19)18-12-5-6-14(17)11(2)9-12/h4-9H,1-3H3,(H,18,19). The zero-order valence-electron chi connectivity index (χ0n) is 11.7. The second kappa shape index (κ2) is 6.09. The van der Waals surface area contributed by atoms with Crippen LogP contribution < -0.4 is 10.1 Å². The molecule has 0 spiro atoms. The van der Waals surface area contributed by atoms with Crippen molar-refractivity contribution in [3.63, 3.8) is 0 Å². The number of methoxy groups -OCH3 is 1. The van der Waals surface area contributed by atoms with Crippen LogP contribution in [0.5, 0.6) is 5.75 Å². The molecule has 0 aliphatic rings. The minimum atomic E-state index is -0.174. The van der Waals surface area contributed by atoms with Gasteiger partial charge >= 0.3 is 0 Å². The van der Waals surface area contributed by atoms with E-state index < -0.39 is 0 Å². The summed E-state index contributed by atoms with van der Waals surface area (Å²) in [5.41, 5.74) is 3.38. The Hall–Kier alpha value is -1.81. The number of nitrogens with one attached hydrogen (secondary N) is 1. The third-order valence-electron chi connectivity index (χ3n) is 3.02. The van der Waals surface area contributed by atoms with Crippen molar-refractivity contribution >= 4 is 27.5 Å². The highest BCUT2D eigenvalue weighted by Crippen LogP contribution is 2.23. The second-order valence-corrected chi connectivity index (χ2v) is 5.48. The minimum Gasteiger partial charge on any atom is -0.496 e. The number of carbonyl (C=O) groups excluding carboxylic acids is 1. The average Bonchev–Trinajstić information content (AvgIpc) is 2.43. The molecular weight excluding hydrogens is 318 g/mol. The first-order valence-corrected chi connectivity index (χ1v) is 7.02. The van der Waals surface area contributed by atoms with Gasteiger partial charge in [-0.1, -0.05) is 27.6 Å². The van der Waals surface area contributed by atoms with Crippen LogP contribution in [0.3, 0.4) is 0 Å². The highest BCUT2D eigenvalue weighted by Gasteiger charge is 2.13. The van der Waals surface area contributed by atoms with Crippen LogP contribution in [-0.4, -0.2) is 13.0 Å². The SMILES string of the molecule is COc1ccc(C)cc1C(=O)Nc1ccc(Br)c(C)c1. The lowest BCUT2D eigenvalue weighted by atomic mass is 10.1. The lowest BCUT2D eigenvalue weighted by Crippen LogP contribution is -2.13. The minimum absolute atomic E-state index is 0.174. The molecule has 0 atom stereocenters. The Morgan fingerprint density at radius 2 is 1.90 bits per heavy atom. The molecule has 0 aromatic heterocycles. The van der Waals surface area contributed by atoms with E-state index in [2.05, 4.69) is 21.2 Å². The Morgan fingerprint density at radius 1 is 1.15 bits per heavy atom. The van der Waals surface area contributed by atoms with E-state index in [1.54, 1.807) is 13.2 Å². The Morgan fingerprint density at radius 3 is 2.55 bits per heavy atom. The fourth-order valence-electron chi connectivity index (χ4n) is 1.92. The Balaban J connectivity index is 2.27. The molecule has 1 N–H and O–H groups in total. The number of carbonyl (C=O) groups is 1. The monoisotopic (exact) mass is 333 g/mol. The van der Waals surface area contributed by atoms with Gasteiger partial charge in [0.05, 0.1) is 12.7 Å². The Labute approximate surface area is 127 Å². The van der Waals surface area contributed by atoms with E-state index in [0.29, 0.717) is 11.3 Å². The summed E-state index contributed by atoms with van der Waals surface area (Å²) in [5.74, 6) is 0.397. The first-order valence-electron chi connectivity index (χ1n) is 6.23. The summed E-state index contributed by atoms with van der Waals surface area (Å²) in [6.45, 7) is 3.92. The van der Waals surface area contributed by atoms with Crippen LogP contribution in [0.1, 0.15) is 21.5 Å². The molecule has 0 saturated carbocycles. The molecule has 4 heteroatoms. The first-order chi connectivity index (χ1) is 9.51. The van der Waals surface area contributed by atoms with E-state index in [4.69, 9.17) is 4.74 Å². The van der Waals surface area contributed by atoms with Gasteiger partial charge in [0.1, 0.15) is 5.75 Å². The summed E-state index contributed by atoms with van der Waals surface area (Å²) in [6, 6.07) is 11.2.